The van der Waals surface area contributed by atoms with Crippen LogP contribution in [0.5, 0.6) is 11.5 Å². The zero-order valence-electron chi connectivity index (χ0n) is 11.2. The number of nitrogens with zero attached hydrogens (tertiary/aromatic N) is 1. The number of aromatic nitrogens is 1. The molecule has 0 fully saturated rings. The predicted molar refractivity (Wildman–Crippen MR) is 75.1 cm³/mol. The molecule has 0 aliphatic carbocycles. The number of carbonyl (C=O) groups is 1. The third kappa shape index (κ3) is 2.70. The number of carboxylic acids is 1. The summed E-state index contributed by atoms with van der Waals surface area (Å²) < 4.78 is 16.4. The van der Waals surface area contributed by atoms with E-state index in [1.165, 1.54) is 7.11 Å². The smallest absolute Gasteiger partial charge is 0.347 e. The molecule has 2 aromatic rings. The molecule has 1 aliphatic rings. The van der Waals surface area contributed by atoms with E-state index < -0.39 is 12.1 Å². The average molecular weight is 307 g/mol. The van der Waals surface area contributed by atoms with Crippen molar-refractivity contribution in [2.24, 2.45) is 0 Å². The first-order valence-corrected chi connectivity index (χ1v) is 7.11. The van der Waals surface area contributed by atoms with E-state index >= 15 is 0 Å². The van der Waals surface area contributed by atoms with Crippen LogP contribution in [0.25, 0.3) is 0 Å². The number of ether oxygens (including phenoxy) is 3. The van der Waals surface area contributed by atoms with Gasteiger partial charge in [0.05, 0.1) is 12.3 Å². The summed E-state index contributed by atoms with van der Waals surface area (Å²) in [5.41, 5.74) is 0.410. The molecule has 1 N–H and O–H groups in total. The second kappa shape index (κ2) is 5.71. The van der Waals surface area contributed by atoms with Crippen molar-refractivity contribution in [2.45, 2.75) is 12.7 Å². The average Bonchev–Trinajstić information content (AvgIpc) is 2.91. The molecule has 3 rings (SSSR count). The van der Waals surface area contributed by atoms with Crippen LogP contribution in [0, 0.1) is 0 Å². The van der Waals surface area contributed by atoms with Crippen molar-refractivity contribution in [3.05, 3.63) is 39.8 Å². The zero-order chi connectivity index (χ0) is 14.8. The Kier molecular flexibility index (Phi) is 3.76. The fraction of sp³-hybridized carbons (Fsp3) is 0.286. The number of methoxy groups -OCH3 is 1. The number of thiazole rings is 1. The highest BCUT2D eigenvalue weighted by Crippen LogP contribution is 2.37. The Labute approximate surface area is 124 Å². The van der Waals surface area contributed by atoms with Gasteiger partial charge in [0.15, 0.2) is 17.6 Å². The van der Waals surface area contributed by atoms with Crippen molar-refractivity contribution in [2.75, 3.05) is 13.7 Å². The number of aromatic carboxylic acids is 1. The summed E-state index contributed by atoms with van der Waals surface area (Å²) in [4.78, 5) is 15.7. The monoisotopic (exact) mass is 307 g/mol. The molecule has 0 saturated carbocycles. The summed E-state index contributed by atoms with van der Waals surface area (Å²) in [6.07, 6.45) is -0.409. The fourth-order valence-corrected chi connectivity index (χ4v) is 2.97. The van der Waals surface area contributed by atoms with Gasteiger partial charge in [0, 0.05) is 7.11 Å². The highest BCUT2D eigenvalue weighted by atomic mass is 32.1. The maximum Gasteiger partial charge on any atom is 0.347 e. The van der Waals surface area contributed by atoms with Crippen LogP contribution < -0.4 is 9.47 Å². The van der Waals surface area contributed by atoms with Gasteiger partial charge in [-0.2, -0.15) is 0 Å². The van der Waals surface area contributed by atoms with Crippen molar-refractivity contribution >= 4 is 17.3 Å². The van der Waals surface area contributed by atoms with Gasteiger partial charge >= 0.3 is 5.97 Å². The van der Waals surface area contributed by atoms with Gasteiger partial charge < -0.3 is 19.3 Å². The first-order valence-electron chi connectivity index (χ1n) is 6.29. The van der Waals surface area contributed by atoms with Gasteiger partial charge in [-0.3, -0.25) is 0 Å². The lowest BCUT2D eigenvalue weighted by molar-refractivity contribution is 0.0697. The minimum absolute atomic E-state index is 0.155. The molecule has 0 saturated heterocycles. The van der Waals surface area contributed by atoms with Crippen LogP contribution in [-0.2, 0) is 11.3 Å². The molecule has 6 nitrogen and oxygen atoms in total. The Morgan fingerprint density at radius 1 is 1.48 bits per heavy atom. The maximum absolute atomic E-state index is 11.2. The molecule has 1 aromatic heterocycles. The molecule has 1 unspecified atom stereocenters. The quantitative estimate of drug-likeness (QED) is 0.935. The van der Waals surface area contributed by atoms with Crippen LogP contribution in [0.2, 0.25) is 0 Å². The molecule has 21 heavy (non-hydrogen) atoms. The predicted octanol–water partition coefficient (Wildman–Crippen LogP) is 2.50. The van der Waals surface area contributed by atoms with E-state index in [9.17, 15) is 9.90 Å². The van der Waals surface area contributed by atoms with Crippen LogP contribution in [0.3, 0.4) is 0 Å². The van der Waals surface area contributed by atoms with Gasteiger partial charge in [0.2, 0.25) is 0 Å². The summed E-state index contributed by atoms with van der Waals surface area (Å²) in [5.74, 6) is 0.304. The van der Waals surface area contributed by atoms with Crippen LogP contribution in [0.4, 0.5) is 0 Å². The van der Waals surface area contributed by atoms with E-state index in [2.05, 4.69) is 4.98 Å². The van der Waals surface area contributed by atoms with E-state index in [1.807, 2.05) is 24.3 Å². The Morgan fingerprint density at radius 3 is 2.95 bits per heavy atom. The topological polar surface area (TPSA) is 77.9 Å². The van der Waals surface area contributed by atoms with Crippen LogP contribution >= 0.6 is 11.3 Å². The van der Waals surface area contributed by atoms with Crippen molar-refractivity contribution in [3.8, 4) is 11.5 Å². The largest absolute Gasteiger partial charge is 0.485 e. The summed E-state index contributed by atoms with van der Waals surface area (Å²) in [5, 5.41) is 9.78. The number of rotatable bonds is 4. The third-order valence-corrected chi connectivity index (χ3v) is 4.15. The molecule has 1 atom stereocenters. The standard InChI is InChI=1S/C14H13NO5S/c1-18-6-8-12(14(16)17)21-13(15-8)11-7-19-9-4-2-3-5-10(9)20-11/h2-5,11H,6-7H2,1H3,(H,16,17). The van der Waals surface area contributed by atoms with Crippen molar-refractivity contribution in [3.63, 3.8) is 0 Å². The molecule has 7 heteroatoms. The van der Waals surface area contributed by atoms with Gasteiger partial charge in [-0.05, 0) is 12.1 Å². The molecular weight excluding hydrogens is 294 g/mol. The van der Waals surface area contributed by atoms with Crippen molar-refractivity contribution in [1.82, 2.24) is 4.98 Å². The first-order chi connectivity index (χ1) is 10.2. The van der Waals surface area contributed by atoms with E-state index in [0.29, 0.717) is 28.8 Å². The fourth-order valence-electron chi connectivity index (χ4n) is 2.05. The summed E-state index contributed by atoms with van der Waals surface area (Å²) in [7, 11) is 1.50. The Morgan fingerprint density at radius 2 is 2.24 bits per heavy atom. The van der Waals surface area contributed by atoms with Gasteiger partial charge in [-0.1, -0.05) is 12.1 Å². The lowest BCUT2D eigenvalue weighted by atomic mass is 10.2. The lowest BCUT2D eigenvalue weighted by Crippen LogP contribution is -2.21. The number of fused-ring (bicyclic) bond motifs is 1. The van der Waals surface area contributed by atoms with Gasteiger partial charge in [0.1, 0.15) is 16.5 Å². The second-order valence-electron chi connectivity index (χ2n) is 4.43. The maximum atomic E-state index is 11.2. The highest BCUT2D eigenvalue weighted by Gasteiger charge is 2.28. The molecule has 2 heterocycles. The number of hydrogen-bond acceptors (Lipinski definition) is 6. The zero-order valence-corrected chi connectivity index (χ0v) is 12.1. The van der Waals surface area contributed by atoms with Crippen LogP contribution in [0.15, 0.2) is 24.3 Å². The van der Waals surface area contributed by atoms with Crippen molar-refractivity contribution < 1.29 is 24.1 Å². The highest BCUT2D eigenvalue weighted by molar-refractivity contribution is 7.13. The minimum Gasteiger partial charge on any atom is -0.485 e. The normalized spacial score (nSPS) is 16.7. The Bertz CT molecular complexity index is 669. The Hall–Kier alpha value is -2.12. The van der Waals surface area contributed by atoms with E-state index in [1.54, 1.807) is 0 Å². The van der Waals surface area contributed by atoms with Crippen LogP contribution in [-0.4, -0.2) is 29.8 Å². The van der Waals surface area contributed by atoms with E-state index in [0.717, 1.165) is 11.3 Å². The molecule has 0 amide bonds. The molecule has 0 radical (unpaired) electrons. The number of benzene rings is 1. The summed E-state index contributed by atoms with van der Waals surface area (Å²) >= 11 is 1.09. The Balaban J connectivity index is 1.88. The van der Waals surface area contributed by atoms with E-state index in [-0.39, 0.29) is 11.5 Å². The molecule has 0 spiro atoms. The second-order valence-corrected chi connectivity index (χ2v) is 5.46. The molecule has 1 aromatic carbocycles. The molecular formula is C14H13NO5S. The summed E-state index contributed by atoms with van der Waals surface area (Å²) in [6.45, 7) is 0.457. The molecule has 1 aliphatic heterocycles. The van der Waals surface area contributed by atoms with Gasteiger partial charge in [-0.25, -0.2) is 9.78 Å². The van der Waals surface area contributed by atoms with E-state index in [4.69, 9.17) is 14.2 Å². The first kappa shape index (κ1) is 13.8. The number of para-hydroxylation sites is 2. The van der Waals surface area contributed by atoms with Gasteiger partial charge in [-0.15, -0.1) is 11.3 Å². The molecule has 110 valence electrons. The van der Waals surface area contributed by atoms with Crippen LogP contribution in [0.1, 0.15) is 26.5 Å². The lowest BCUT2D eigenvalue weighted by Gasteiger charge is -2.24. The number of carboxylic acid groups (broad SMARTS) is 1. The molecule has 0 bridgehead atoms. The third-order valence-electron chi connectivity index (χ3n) is 2.97. The summed E-state index contributed by atoms with van der Waals surface area (Å²) in [6, 6.07) is 7.35. The SMILES string of the molecule is COCc1nc(C2COc3ccccc3O2)sc1C(=O)O. The van der Waals surface area contributed by atoms with Gasteiger partial charge in [0.25, 0.3) is 0 Å². The number of hydrogen-bond donors (Lipinski definition) is 1. The van der Waals surface area contributed by atoms with Crippen molar-refractivity contribution in [1.29, 1.82) is 0 Å². The minimum atomic E-state index is -1.01.